The summed E-state index contributed by atoms with van der Waals surface area (Å²) in [7, 11) is -4.41. The van der Waals surface area contributed by atoms with Gasteiger partial charge in [0.2, 0.25) is 10.0 Å². The number of rotatable bonds is 3. The molecule has 1 aliphatic carbocycles. The highest BCUT2D eigenvalue weighted by molar-refractivity contribution is 7.89. The maximum Gasteiger partial charge on any atom is 0.416 e. The number of sulfonamides is 1. The van der Waals surface area contributed by atoms with Crippen LogP contribution in [0.2, 0.25) is 0 Å². The van der Waals surface area contributed by atoms with Crippen LogP contribution in [-0.2, 0) is 22.4 Å². The van der Waals surface area contributed by atoms with E-state index >= 15 is 0 Å². The van der Waals surface area contributed by atoms with Gasteiger partial charge in [0.05, 0.1) is 16.0 Å². The van der Waals surface area contributed by atoms with Gasteiger partial charge in [-0.1, -0.05) is 0 Å². The molecule has 1 fully saturated rings. The second kappa shape index (κ2) is 4.87. The molecule has 1 aliphatic rings. The summed E-state index contributed by atoms with van der Waals surface area (Å²) in [6.45, 7) is 0. The van der Waals surface area contributed by atoms with Crippen molar-refractivity contribution in [1.29, 1.82) is 0 Å². The van der Waals surface area contributed by atoms with Crippen LogP contribution in [0, 0.1) is 0 Å². The van der Waals surface area contributed by atoms with Crippen LogP contribution in [0.15, 0.2) is 23.1 Å². The van der Waals surface area contributed by atoms with Crippen LogP contribution in [0.3, 0.4) is 0 Å². The van der Waals surface area contributed by atoms with Crippen LogP contribution < -0.4 is 4.72 Å². The van der Waals surface area contributed by atoms with Crippen LogP contribution in [-0.4, -0.2) is 14.5 Å². The van der Waals surface area contributed by atoms with Gasteiger partial charge in [-0.2, -0.15) is 26.3 Å². The fourth-order valence-corrected chi connectivity index (χ4v) is 2.95. The molecule has 0 unspecified atom stereocenters. The summed E-state index contributed by atoms with van der Waals surface area (Å²) in [4.78, 5) is -1.04. The third-order valence-electron chi connectivity index (χ3n) is 2.77. The quantitative estimate of drug-likeness (QED) is 0.864. The highest BCUT2D eigenvalue weighted by atomic mass is 32.2. The topological polar surface area (TPSA) is 46.2 Å². The highest BCUT2D eigenvalue weighted by Gasteiger charge is 2.39. The summed E-state index contributed by atoms with van der Waals surface area (Å²) in [5.41, 5.74) is -3.32. The first-order valence-electron chi connectivity index (χ1n) is 5.71. The third kappa shape index (κ3) is 3.88. The SMILES string of the molecule is O=S(=O)(NC1CC1)c1cc(C(F)(F)F)cc(C(F)(F)F)c1. The molecule has 21 heavy (non-hydrogen) atoms. The predicted octanol–water partition coefficient (Wildman–Crippen LogP) is 3.16. The van der Waals surface area contributed by atoms with E-state index in [1.165, 1.54) is 0 Å². The Morgan fingerprint density at radius 1 is 0.905 bits per heavy atom. The van der Waals surface area contributed by atoms with Gasteiger partial charge in [0.25, 0.3) is 0 Å². The van der Waals surface area contributed by atoms with Gasteiger partial charge in [-0.25, -0.2) is 13.1 Å². The van der Waals surface area contributed by atoms with Gasteiger partial charge in [-0.15, -0.1) is 0 Å². The molecule has 1 aromatic carbocycles. The zero-order valence-electron chi connectivity index (χ0n) is 10.2. The molecule has 0 saturated heterocycles. The highest BCUT2D eigenvalue weighted by Crippen LogP contribution is 2.37. The van der Waals surface area contributed by atoms with E-state index in [-0.39, 0.29) is 18.2 Å². The zero-order chi connectivity index (χ0) is 16.1. The van der Waals surface area contributed by atoms with Gasteiger partial charge in [0.1, 0.15) is 0 Å². The molecule has 0 heterocycles. The Bertz CT molecular complexity index is 613. The maximum absolute atomic E-state index is 12.6. The number of benzene rings is 1. The predicted molar refractivity (Wildman–Crippen MR) is 59.8 cm³/mol. The van der Waals surface area contributed by atoms with Crippen molar-refractivity contribution in [3.63, 3.8) is 0 Å². The molecule has 1 aromatic rings. The van der Waals surface area contributed by atoms with Crippen molar-refractivity contribution >= 4 is 10.0 Å². The van der Waals surface area contributed by atoms with E-state index in [0.717, 1.165) is 0 Å². The fourth-order valence-electron chi connectivity index (χ4n) is 1.57. The first-order valence-corrected chi connectivity index (χ1v) is 7.20. The number of alkyl halides is 6. The fraction of sp³-hybridized carbons (Fsp3) is 0.455. The lowest BCUT2D eigenvalue weighted by Gasteiger charge is -2.14. The minimum Gasteiger partial charge on any atom is -0.208 e. The van der Waals surface area contributed by atoms with Gasteiger partial charge < -0.3 is 0 Å². The number of hydrogen-bond acceptors (Lipinski definition) is 2. The lowest BCUT2D eigenvalue weighted by Crippen LogP contribution is -2.26. The Balaban J connectivity index is 2.54. The van der Waals surface area contributed by atoms with E-state index in [1.807, 2.05) is 4.72 Å². The first-order chi connectivity index (χ1) is 9.39. The molecular formula is C11H9F6NO2S. The molecule has 0 amide bonds. The number of hydrogen-bond donors (Lipinski definition) is 1. The molecule has 3 nitrogen and oxygen atoms in total. The smallest absolute Gasteiger partial charge is 0.208 e. The molecule has 0 atom stereocenters. The molecule has 1 N–H and O–H groups in total. The van der Waals surface area contributed by atoms with Crippen molar-refractivity contribution in [2.24, 2.45) is 0 Å². The molecule has 118 valence electrons. The standard InChI is InChI=1S/C11H9F6NO2S/c12-10(13,14)6-3-7(11(15,16)17)5-9(4-6)21(19,20)18-8-1-2-8/h3-5,8,18H,1-2H2. The number of nitrogens with one attached hydrogen (secondary N) is 1. The van der Waals surface area contributed by atoms with Crippen molar-refractivity contribution in [3.05, 3.63) is 29.3 Å². The molecule has 0 bridgehead atoms. The summed E-state index contributed by atoms with van der Waals surface area (Å²) in [6, 6.07) is -0.158. The lowest BCUT2D eigenvalue weighted by atomic mass is 10.1. The Hall–Kier alpha value is -1.29. The van der Waals surface area contributed by atoms with Gasteiger partial charge in [-0.3, -0.25) is 0 Å². The molecular weight excluding hydrogens is 324 g/mol. The summed E-state index contributed by atoms with van der Waals surface area (Å²) in [5, 5.41) is 0. The van der Waals surface area contributed by atoms with Gasteiger partial charge in [-0.05, 0) is 31.0 Å². The summed E-state index contributed by atoms with van der Waals surface area (Å²) >= 11 is 0. The van der Waals surface area contributed by atoms with Crippen molar-refractivity contribution in [2.75, 3.05) is 0 Å². The summed E-state index contributed by atoms with van der Waals surface area (Å²) < 4.78 is 101. The average Bonchev–Trinajstić information content (AvgIpc) is 3.09. The summed E-state index contributed by atoms with van der Waals surface area (Å²) in [6.07, 6.45) is -9.15. The van der Waals surface area contributed by atoms with Crippen LogP contribution in [0.4, 0.5) is 26.3 Å². The molecule has 0 aliphatic heterocycles. The average molecular weight is 333 g/mol. The van der Waals surface area contributed by atoms with Crippen LogP contribution in [0.25, 0.3) is 0 Å². The van der Waals surface area contributed by atoms with Crippen LogP contribution in [0.1, 0.15) is 24.0 Å². The molecule has 0 spiro atoms. The molecule has 10 heteroatoms. The Morgan fingerprint density at radius 3 is 1.67 bits per heavy atom. The Morgan fingerprint density at radius 2 is 1.33 bits per heavy atom. The lowest BCUT2D eigenvalue weighted by molar-refractivity contribution is -0.143. The molecule has 1 saturated carbocycles. The summed E-state index contributed by atoms with van der Waals surface area (Å²) in [5.74, 6) is 0. The van der Waals surface area contributed by atoms with Crippen molar-refractivity contribution in [1.82, 2.24) is 4.72 Å². The van der Waals surface area contributed by atoms with E-state index in [4.69, 9.17) is 0 Å². The maximum atomic E-state index is 12.6. The number of halogens is 6. The van der Waals surface area contributed by atoms with Crippen molar-refractivity contribution in [2.45, 2.75) is 36.1 Å². The van der Waals surface area contributed by atoms with Crippen molar-refractivity contribution < 1.29 is 34.8 Å². The zero-order valence-corrected chi connectivity index (χ0v) is 11.0. The van der Waals surface area contributed by atoms with E-state index in [0.29, 0.717) is 12.8 Å². The van der Waals surface area contributed by atoms with Gasteiger partial charge in [0, 0.05) is 6.04 Å². The second-order valence-corrected chi connectivity index (χ2v) is 6.35. The minimum absolute atomic E-state index is 0.115. The van der Waals surface area contributed by atoms with Gasteiger partial charge in [0.15, 0.2) is 0 Å². The van der Waals surface area contributed by atoms with E-state index in [2.05, 4.69) is 0 Å². The Labute approximate surface area is 116 Å². The van der Waals surface area contributed by atoms with E-state index < -0.39 is 44.4 Å². The van der Waals surface area contributed by atoms with Crippen LogP contribution in [0.5, 0.6) is 0 Å². The van der Waals surface area contributed by atoms with Crippen LogP contribution >= 0.6 is 0 Å². The van der Waals surface area contributed by atoms with E-state index in [1.54, 1.807) is 0 Å². The largest absolute Gasteiger partial charge is 0.416 e. The Kier molecular flexibility index (Phi) is 3.73. The molecule has 2 rings (SSSR count). The monoisotopic (exact) mass is 333 g/mol. The second-order valence-electron chi connectivity index (χ2n) is 4.64. The van der Waals surface area contributed by atoms with Crippen molar-refractivity contribution in [3.8, 4) is 0 Å². The third-order valence-corrected chi connectivity index (χ3v) is 4.27. The minimum atomic E-state index is -5.08. The normalized spacial score (nSPS) is 17.0. The van der Waals surface area contributed by atoms with Gasteiger partial charge >= 0.3 is 12.4 Å². The van der Waals surface area contributed by atoms with E-state index in [9.17, 15) is 34.8 Å². The molecule has 0 radical (unpaired) electrons. The first kappa shape index (κ1) is 16.1. The molecule has 0 aromatic heterocycles.